The van der Waals surface area contributed by atoms with E-state index in [1.807, 2.05) is 12.1 Å². The Morgan fingerprint density at radius 3 is 2.53 bits per heavy atom. The number of rotatable bonds is 5. The van der Waals surface area contributed by atoms with Gasteiger partial charge in [0, 0.05) is 25.7 Å². The first-order valence-corrected chi connectivity index (χ1v) is 7.05. The molecule has 5 heteroatoms. The van der Waals surface area contributed by atoms with Gasteiger partial charge in [0.1, 0.15) is 5.82 Å². The molecule has 2 heterocycles. The summed E-state index contributed by atoms with van der Waals surface area (Å²) in [6.45, 7) is 11.2. The maximum absolute atomic E-state index is 5.35. The molecular formula is C14H24N4O. The Labute approximate surface area is 115 Å². The van der Waals surface area contributed by atoms with Crippen molar-refractivity contribution in [2.75, 3.05) is 38.2 Å². The second-order valence-corrected chi connectivity index (χ2v) is 5.46. The van der Waals surface area contributed by atoms with Crippen molar-refractivity contribution in [3.8, 4) is 0 Å². The summed E-state index contributed by atoms with van der Waals surface area (Å²) in [6.07, 6.45) is 0. The lowest BCUT2D eigenvalue weighted by atomic mass is 10.1. The number of ether oxygens (including phenoxy) is 1. The Hall–Kier alpha value is -1.20. The van der Waals surface area contributed by atoms with Crippen molar-refractivity contribution in [2.24, 2.45) is 0 Å². The van der Waals surface area contributed by atoms with E-state index in [0.29, 0.717) is 12.0 Å². The fraction of sp³-hybridized carbons (Fsp3) is 0.714. The van der Waals surface area contributed by atoms with Crippen LogP contribution in [-0.2, 0) is 4.74 Å². The van der Waals surface area contributed by atoms with Crippen molar-refractivity contribution >= 4 is 5.82 Å². The highest BCUT2D eigenvalue weighted by Crippen LogP contribution is 2.12. The molecule has 0 amide bonds. The van der Waals surface area contributed by atoms with Crippen molar-refractivity contribution in [3.05, 3.63) is 17.8 Å². The van der Waals surface area contributed by atoms with E-state index in [-0.39, 0.29) is 0 Å². The van der Waals surface area contributed by atoms with Crippen molar-refractivity contribution in [2.45, 2.75) is 32.7 Å². The van der Waals surface area contributed by atoms with Gasteiger partial charge in [0.15, 0.2) is 0 Å². The van der Waals surface area contributed by atoms with Crippen LogP contribution in [0.15, 0.2) is 12.1 Å². The molecular weight excluding hydrogens is 240 g/mol. The standard InChI is InChI=1S/C14H24N4O/c1-11(2)13-4-5-14(17-16-13)15-12(3)10-18-6-8-19-9-7-18/h4-5,11-12H,6-10H2,1-3H3,(H,15,17)/t12-/m1/s1. The molecule has 19 heavy (non-hydrogen) atoms. The van der Waals surface area contributed by atoms with E-state index in [9.17, 15) is 0 Å². The highest BCUT2D eigenvalue weighted by Gasteiger charge is 2.14. The average Bonchev–Trinajstić information content (AvgIpc) is 2.40. The number of hydrogen-bond acceptors (Lipinski definition) is 5. The van der Waals surface area contributed by atoms with Gasteiger partial charge in [0.05, 0.1) is 18.9 Å². The largest absolute Gasteiger partial charge is 0.379 e. The zero-order valence-corrected chi connectivity index (χ0v) is 12.1. The first-order valence-electron chi connectivity index (χ1n) is 7.05. The molecule has 0 saturated carbocycles. The predicted octanol–water partition coefficient (Wildman–Crippen LogP) is 1.73. The Morgan fingerprint density at radius 1 is 1.21 bits per heavy atom. The van der Waals surface area contributed by atoms with Gasteiger partial charge in [0.2, 0.25) is 0 Å². The summed E-state index contributed by atoms with van der Waals surface area (Å²) in [7, 11) is 0. The van der Waals surface area contributed by atoms with E-state index in [1.54, 1.807) is 0 Å². The Balaban J connectivity index is 1.82. The molecule has 1 aliphatic rings. The van der Waals surface area contributed by atoms with E-state index in [2.05, 4.69) is 41.2 Å². The molecule has 1 fully saturated rings. The van der Waals surface area contributed by atoms with Crippen LogP contribution in [0.5, 0.6) is 0 Å². The van der Waals surface area contributed by atoms with Gasteiger partial charge in [-0.2, -0.15) is 5.10 Å². The molecule has 0 unspecified atom stereocenters. The molecule has 1 aromatic rings. The summed E-state index contributed by atoms with van der Waals surface area (Å²) in [5.74, 6) is 1.28. The van der Waals surface area contributed by atoms with Gasteiger partial charge in [-0.3, -0.25) is 4.90 Å². The SMILES string of the molecule is CC(C)c1ccc(N[C@H](C)CN2CCOCC2)nn1. The Morgan fingerprint density at radius 2 is 1.95 bits per heavy atom. The number of aromatic nitrogens is 2. The van der Waals surface area contributed by atoms with Crippen molar-refractivity contribution in [1.29, 1.82) is 0 Å². The van der Waals surface area contributed by atoms with Crippen LogP contribution in [0.25, 0.3) is 0 Å². The zero-order chi connectivity index (χ0) is 13.7. The summed E-state index contributed by atoms with van der Waals surface area (Å²) in [5.41, 5.74) is 1.03. The summed E-state index contributed by atoms with van der Waals surface area (Å²) in [4.78, 5) is 2.41. The molecule has 0 bridgehead atoms. The fourth-order valence-corrected chi connectivity index (χ4v) is 2.20. The smallest absolute Gasteiger partial charge is 0.148 e. The lowest BCUT2D eigenvalue weighted by Gasteiger charge is -2.29. The van der Waals surface area contributed by atoms with Gasteiger partial charge < -0.3 is 10.1 Å². The highest BCUT2D eigenvalue weighted by molar-refractivity contribution is 5.34. The predicted molar refractivity (Wildman–Crippen MR) is 76.5 cm³/mol. The molecule has 106 valence electrons. The lowest BCUT2D eigenvalue weighted by Crippen LogP contribution is -2.42. The molecule has 1 aromatic heterocycles. The normalized spacial score (nSPS) is 18.5. The van der Waals surface area contributed by atoms with E-state index in [4.69, 9.17) is 4.74 Å². The van der Waals surface area contributed by atoms with Gasteiger partial charge in [-0.25, -0.2) is 0 Å². The number of morpholine rings is 1. The number of hydrogen-bond donors (Lipinski definition) is 1. The first kappa shape index (κ1) is 14.2. The fourth-order valence-electron chi connectivity index (χ4n) is 2.20. The van der Waals surface area contributed by atoms with Crippen LogP contribution in [-0.4, -0.2) is 54.0 Å². The Kier molecular flexibility index (Phi) is 5.10. The number of anilines is 1. The summed E-state index contributed by atoms with van der Waals surface area (Å²) < 4.78 is 5.35. The first-order chi connectivity index (χ1) is 9.15. The third kappa shape index (κ3) is 4.44. The van der Waals surface area contributed by atoms with Crippen LogP contribution >= 0.6 is 0 Å². The average molecular weight is 264 g/mol. The lowest BCUT2D eigenvalue weighted by molar-refractivity contribution is 0.0368. The summed E-state index contributed by atoms with van der Waals surface area (Å²) >= 11 is 0. The van der Waals surface area contributed by atoms with Gasteiger partial charge in [-0.15, -0.1) is 5.10 Å². The van der Waals surface area contributed by atoms with E-state index >= 15 is 0 Å². The molecule has 1 atom stereocenters. The zero-order valence-electron chi connectivity index (χ0n) is 12.1. The van der Waals surface area contributed by atoms with Crippen molar-refractivity contribution in [3.63, 3.8) is 0 Å². The molecule has 5 nitrogen and oxygen atoms in total. The van der Waals surface area contributed by atoms with E-state index in [1.165, 1.54) is 0 Å². The summed E-state index contributed by atoms with van der Waals surface area (Å²) in [6, 6.07) is 4.41. The second-order valence-electron chi connectivity index (χ2n) is 5.46. The third-order valence-electron chi connectivity index (χ3n) is 3.31. The molecule has 1 saturated heterocycles. The molecule has 0 aromatic carbocycles. The minimum Gasteiger partial charge on any atom is -0.379 e. The topological polar surface area (TPSA) is 50.3 Å². The highest BCUT2D eigenvalue weighted by atomic mass is 16.5. The number of nitrogens with zero attached hydrogens (tertiary/aromatic N) is 3. The molecule has 0 radical (unpaired) electrons. The van der Waals surface area contributed by atoms with Crippen LogP contribution in [0, 0.1) is 0 Å². The van der Waals surface area contributed by atoms with Crippen molar-refractivity contribution in [1.82, 2.24) is 15.1 Å². The summed E-state index contributed by atoms with van der Waals surface area (Å²) in [5, 5.41) is 11.9. The minimum atomic E-state index is 0.359. The quantitative estimate of drug-likeness (QED) is 0.878. The van der Waals surface area contributed by atoms with Gasteiger partial charge >= 0.3 is 0 Å². The maximum Gasteiger partial charge on any atom is 0.148 e. The van der Waals surface area contributed by atoms with Crippen LogP contribution in [0.1, 0.15) is 32.4 Å². The third-order valence-corrected chi connectivity index (χ3v) is 3.31. The molecule has 0 spiro atoms. The maximum atomic E-state index is 5.35. The molecule has 1 aliphatic heterocycles. The van der Waals surface area contributed by atoms with E-state index in [0.717, 1.165) is 44.4 Å². The van der Waals surface area contributed by atoms with Crippen LogP contribution in [0.4, 0.5) is 5.82 Å². The van der Waals surface area contributed by atoms with Gasteiger partial charge in [0.25, 0.3) is 0 Å². The van der Waals surface area contributed by atoms with Crippen LogP contribution in [0.2, 0.25) is 0 Å². The number of nitrogens with one attached hydrogen (secondary N) is 1. The van der Waals surface area contributed by atoms with Crippen LogP contribution < -0.4 is 5.32 Å². The monoisotopic (exact) mass is 264 g/mol. The van der Waals surface area contributed by atoms with Gasteiger partial charge in [-0.05, 0) is 25.0 Å². The molecule has 2 rings (SSSR count). The minimum absolute atomic E-state index is 0.359. The van der Waals surface area contributed by atoms with Gasteiger partial charge in [-0.1, -0.05) is 13.8 Å². The molecule has 0 aliphatic carbocycles. The van der Waals surface area contributed by atoms with Crippen LogP contribution in [0.3, 0.4) is 0 Å². The second kappa shape index (κ2) is 6.82. The Bertz CT molecular complexity index is 374. The van der Waals surface area contributed by atoms with E-state index < -0.39 is 0 Å². The van der Waals surface area contributed by atoms with Crippen molar-refractivity contribution < 1.29 is 4.74 Å². The molecule has 1 N–H and O–H groups in total.